The third-order valence-electron chi connectivity index (χ3n) is 4.80. The van der Waals surface area contributed by atoms with Crippen LogP contribution in [-0.4, -0.2) is 17.3 Å². The van der Waals surface area contributed by atoms with E-state index in [1.54, 1.807) is 0 Å². The number of nitrogens with two attached hydrogens (primary N) is 1. The van der Waals surface area contributed by atoms with Crippen molar-refractivity contribution in [1.82, 2.24) is 0 Å². The quantitative estimate of drug-likeness (QED) is 0.670. The third kappa shape index (κ3) is 4.44. The van der Waals surface area contributed by atoms with Crippen LogP contribution >= 0.6 is 0 Å². The van der Waals surface area contributed by atoms with Crippen LogP contribution in [0, 0.1) is 0 Å². The fourth-order valence-electron chi connectivity index (χ4n) is 3.13. The van der Waals surface area contributed by atoms with Gasteiger partial charge in [-0.3, -0.25) is 0 Å². The molecular weight excluding hydrogens is 270 g/mol. The number of benzene rings is 1. The van der Waals surface area contributed by atoms with Crippen molar-refractivity contribution in [2.45, 2.75) is 70.8 Å². The molecule has 0 unspecified atom stereocenters. The molecule has 0 heterocycles. The lowest BCUT2D eigenvalue weighted by molar-refractivity contribution is 0.230. The van der Waals surface area contributed by atoms with Gasteiger partial charge in [0, 0.05) is 0 Å². The first-order chi connectivity index (χ1) is 10.6. The number of hydrogen-bond acceptors (Lipinski definition) is 2. The van der Waals surface area contributed by atoms with E-state index in [9.17, 15) is 5.11 Å². The summed E-state index contributed by atoms with van der Waals surface area (Å²) in [6.07, 6.45) is 12.3. The van der Waals surface area contributed by atoms with Gasteiger partial charge in [-0.05, 0) is 48.4 Å². The second-order valence-electron chi connectivity index (χ2n) is 6.97. The van der Waals surface area contributed by atoms with Crippen LogP contribution in [0.25, 0.3) is 6.08 Å². The van der Waals surface area contributed by atoms with Gasteiger partial charge < -0.3 is 10.8 Å². The Morgan fingerprint density at radius 1 is 1.14 bits per heavy atom. The predicted molar refractivity (Wildman–Crippen MR) is 94.9 cm³/mol. The molecule has 2 nitrogen and oxygen atoms in total. The Morgan fingerprint density at radius 2 is 1.86 bits per heavy atom. The summed E-state index contributed by atoms with van der Waals surface area (Å²) in [5.74, 6) is 0. The van der Waals surface area contributed by atoms with Gasteiger partial charge >= 0.3 is 0 Å². The summed E-state index contributed by atoms with van der Waals surface area (Å²) in [6.45, 7) is 4.16. The van der Waals surface area contributed by atoms with Crippen molar-refractivity contribution >= 4 is 6.08 Å². The highest BCUT2D eigenvalue weighted by Gasteiger charge is 2.27. The second-order valence-corrected chi connectivity index (χ2v) is 6.97. The van der Waals surface area contributed by atoms with E-state index in [-0.39, 0.29) is 6.61 Å². The van der Waals surface area contributed by atoms with Gasteiger partial charge in [0.2, 0.25) is 0 Å². The van der Waals surface area contributed by atoms with Crippen LogP contribution < -0.4 is 5.73 Å². The zero-order valence-corrected chi connectivity index (χ0v) is 14.2. The summed E-state index contributed by atoms with van der Waals surface area (Å²) >= 11 is 0. The number of hydrogen-bond donors (Lipinski definition) is 2. The molecule has 0 bridgehead atoms. The molecule has 1 atom stereocenters. The lowest BCUT2D eigenvalue weighted by atomic mass is 9.92. The summed E-state index contributed by atoms with van der Waals surface area (Å²) in [7, 11) is 0. The number of fused-ring (bicyclic) bond motifs is 1. The largest absolute Gasteiger partial charge is 0.394 e. The maximum atomic E-state index is 9.43. The van der Waals surface area contributed by atoms with Crippen LogP contribution in [0.1, 0.15) is 69.1 Å². The van der Waals surface area contributed by atoms with E-state index in [0.717, 1.165) is 12.0 Å². The summed E-state index contributed by atoms with van der Waals surface area (Å²) in [6, 6.07) is 6.79. The van der Waals surface area contributed by atoms with E-state index < -0.39 is 5.54 Å². The molecule has 0 saturated carbocycles. The average molecular weight is 301 g/mol. The molecule has 0 amide bonds. The highest BCUT2D eigenvalue weighted by molar-refractivity contribution is 5.66. The number of unbranched alkanes of at least 4 members (excludes halogenated alkanes) is 5. The lowest BCUT2D eigenvalue weighted by Gasteiger charge is -2.23. The molecule has 0 aromatic heterocycles. The normalized spacial score (nSPS) is 16.3. The Bertz CT molecular complexity index is 516. The molecule has 1 aromatic carbocycles. The Hall–Kier alpha value is -1.12. The van der Waals surface area contributed by atoms with Crippen molar-refractivity contribution in [2.75, 3.05) is 6.61 Å². The van der Waals surface area contributed by atoms with Crippen LogP contribution in [-0.2, 0) is 12.8 Å². The van der Waals surface area contributed by atoms with Crippen molar-refractivity contribution in [1.29, 1.82) is 0 Å². The summed E-state index contributed by atoms with van der Waals surface area (Å²) in [5.41, 5.74) is 10.8. The van der Waals surface area contributed by atoms with Gasteiger partial charge in [-0.25, -0.2) is 0 Å². The van der Waals surface area contributed by atoms with E-state index in [1.165, 1.54) is 61.6 Å². The molecule has 0 fully saturated rings. The Labute approximate surface area is 135 Å². The maximum absolute atomic E-state index is 9.43. The zero-order chi connectivity index (χ0) is 16.0. The van der Waals surface area contributed by atoms with Gasteiger partial charge in [-0.1, -0.05) is 63.3 Å². The van der Waals surface area contributed by atoms with E-state index in [1.807, 2.05) is 6.92 Å². The SMILES string of the molecule is CCCCCCCCc1ccc2c(c1)CC([C@](C)(N)CO)=C2. The molecular formula is C20H31NO. The Kier molecular flexibility index (Phi) is 6.22. The summed E-state index contributed by atoms with van der Waals surface area (Å²) in [5, 5.41) is 9.43. The van der Waals surface area contributed by atoms with Gasteiger partial charge in [0.1, 0.15) is 0 Å². The number of aryl methyl sites for hydroxylation is 1. The highest BCUT2D eigenvalue weighted by atomic mass is 16.3. The second kappa shape index (κ2) is 7.94. The monoisotopic (exact) mass is 301 g/mol. The molecule has 0 spiro atoms. The van der Waals surface area contributed by atoms with Crippen LogP contribution in [0.5, 0.6) is 0 Å². The van der Waals surface area contributed by atoms with Crippen LogP contribution in [0.3, 0.4) is 0 Å². The molecule has 0 aliphatic heterocycles. The number of aliphatic hydroxyl groups excluding tert-OH is 1. The van der Waals surface area contributed by atoms with Crippen LogP contribution in [0.4, 0.5) is 0 Å². The third-order valence-corrected chi connectivity index (χ3v) is 4.80. The predicted octanol–water partition coefficient (Wildman–Crippen LogP) is 4.24. The zero-order valence-electron chi connectivity index (χ0n) is 14.2. The topological polar surface area (TPSA) is 46.2 Å². The van der Waals surface area contributed by atoms with E-state index in [4.69, 9.17) is 5.73 Å². The van der Waals surface area contributed by atoms with Crippen molar-refractivity contribution in [3.8, 4) is 0 Å². The molecule has 2 rings (SSSR count). The first kappa shape index (κ1) is 17.2. The average Bonchev–Trinajstić information content (AvgIpc) is 2.95. The molecule has 2 heteroatoms. The lowest BCUT2D eigenvalue weighted by Crippen LogP contribution is -2.42. The molecule has 1 aliphatic carbocycles. The molecule has 1 aromatic rings. The minimum absolute atomic E-state index is 0.00254. The van der Waals surface area contributed by atoms with E-state index in [2.05, 4.69) is 31.2 Å². The number of rotatable bonds is 9. The fraction of sp³-hybridized carbons (Fsp3) is 0.600. The standard InChI is InChI=1S/C20H31NO/c1-3-4-5-6-7-8-9-16-10-11-17-13-19(14-18(17)12-16)20(2,21)15-22/h10-13,22H,3-9,14-15,21H2,1-2H3/t20-/m1/s1. The molecule has 0 saturated heterocycles. The van der Waals surface area contributed by atoms with Crippen molar-refractivity contribution in [3.05, 3.63) is 40.5 Å². The Balaban J connectivity index is 1.85. The Morgan fingerprint density at radius 3 is 2.59 bits per heavy atom. The van der Waals surface area contributed by atoms with Gasteiger partial charge in [0.25, 0.3) is 0 Å². The fourth-order valence-corrected chi connectivity index (χ4v) is 3.13. The van der Waals surface area contributed by atoms with Gasteiger partial charge in [-0.15, -0.1) is 0 Å². The molecule has 0 radical (unpaired) electrons. The van der Waals surface area contributed by atoms with Crippen molar-refractivity contribution in [2.24, 2.45) is 5.73 Å². The maximum Gasteiger partial charge on any atom is 0.0647 e. The highest BCUT2D eigenvalue weighted by Crippen LogP contribution is 2.31. The summed E-state index contributed by atoms with van der Waals surface area (Å²) < 4.78 is 0. The van der Waals surface area contributed by atoms with Gasteiger partial charge in [0.05, 0.1) is 12.1 Å². The van der Waals surface area contributed by atoms with Gasteiger partial charge in [-0.2, -0.15) is 0 Å². The number of aliphatic hydroxyl groups is 1. The molecule has 122 valence electrons. The van der Waals surface area contributed by atoms with Crippen molar-refractivity contribution < 1.29 is 5.11 Å². The minimum atomic E-state index is -0.599. The smallest absolute Gasteiger partial charge is 0.0647 e. The summed E-state index contributed by atoms with van der Waals surface area (Å²) in [4.78, 5) is 0. The van der Waals surface area contributed by atoms with Crippen LogP contribution in [0.15, 0.2) is 23.8 Å². The first-order valence-electron chi connectivity index (χ1n) is 8.79. The first-order valence-corrected chi connectivity index (χ1v) is 8.79. The van der Waals surface area contributed by atoms with E-state index >= 15 is 0 Å². The molecule has 1 aliphatic rings. The van der Waals surface area contributed by atoms with E-state index in [0.29, 0.717) is 0 Å². The van der Waals surface area contributed by atoms with Crippen molar-refractivity contribution in [3.63, 3.8) is 0 Å². The van der Waals surface area contributed by atoms with Gasteiger partial charge in [0.15, 0.2) is 0 Å². The molecule has 22 heavy (non-hydrogen) atoms. The molecule has 3 N–H and O–H groups in total. The minimum Gasteiger partial charge on any atom is -0.394 e. The van der Waals surface area contributed by atoms with Crippen LogP contribution in [0.2, 0.25) is 0 Å².